The lowest BCUT2D eigenvalue weighted by molar-refractivity contribution is 0.0779. The SMILES string of the molecule is Cc1cc(Br)cc(C(=O)N(C)CC(C)C)c1. The number of amides is 1. The summed E-state index contributed by atoms with van der Waals surface area (Å²) in [6, 6.07) is 5.79. The van der Waals surface area contributed by atoms with E-state index in [1.165, 1.54) is 0 Å². The first-order valence-electron chi connectivity index (χ1n) is 5.43. The summed E-state index contributed by atoms with van der Waals surface area (Å²) in [5, 5.41) is 0. The second kappa shape index (κ2) is 5.48. The number of hydrogen-bond acceptors (Lipinski definition) is 1. The van der Waals surface area contributed by atoms with Crippen LogP contribution in [0.25, 0.3) is 0 Å². The first-order valence-corrected chi connectivity index (χ1v) is 6.22. The summed E-state index contributed by atoms with van der Waals surface area (Å²) in [5.74, 6) is 0.570. The number of aryl methyl sites for hydroxylation is 1. The van der Waals surface area contributed by atoms with Gasteiger partial charge < -0.3 is 4.90 Å². The molecule has 1 aromatic carbocycles. The van der Waals surface area contributed by atoms with Gasteiger partial charge in [0.2, 0.25) is 0 Å². The van der Waals surface area contributed by atoms with Crippen LogP contribution in [-0.2, 0) is 0 Å². The zero-order valence-electron chi connectivity index (χ0n) is 10.2. The predicted octanol–water partition coefficient (Wildman–Crippen LogP) is 3.49. The van der Waals surface area contributed by atoms with Gasteiger partial charge in [0.05, 0.1) is 0 Å². The molecule has 0 aliphatic heterocycles. The molecule has 16 heavy (non-hydrogen) atoms. The molecule has 0 spiro atoms. The molecule has 0 saturated heterocycles. The second-order valence-electron chi connectivity index (χ2n) is 4.60. The second-order valence-corrected chi connectivity index (χ2v) is 5.51. The fraction of sp³-hybridized carbons (Fsp3) is 0.462. The van der Waals surface area contributed by atoms with Crippen molar-refractivity contribution >= 4 is 21.8 Å². The van der Waals surface area contributed by atoms with Crippen LogP contribution in [-0.4, -0.2) is 24.4 Å². The lowest BCUT2D eigenvalue weighted by atomic mass is 10.1. The molecule has 0 saturated carbocycles. The normalized spacial score (nSPS) is 10.6. The Balaban J connectivity index is 2.87. The van der Waals surface area contributed by atoms with Crippen molar-refractivity contribution in [2.45, 2.75) is 20.8 Å². The number of rotatable bonds is 3. The Labute approximate surface area is 106 Å². The summed E-state index contributed by atoms with van der Waals surface area (Å²) < 4.78 is 0.953. The van der Waals surface area contributed by atoms with Crippen molar-refractivity contribution in [2.24, 2.45) is 5.92 Å². The van der Waals surface area contributed by atoms with Crippen LogP contribution in [0.5, 0.6) is 0 Å². The van der Waals surface area contributed by atoms with E-state index in [0.717, 1.165) is 22.1 Å². The monoisotopic (exact) mass is 283 g/mol. The highest BCUT2D eigenvalue weighted by Gasteiger charge is 2.13. The van der Waals surface area contributed by atoms with Crippen LogP contribution in [0, 0.1) is 12.8 Å². The molecule has 88 valence electrons. The van der Waals surface area contributed by atoms with E-state index in [1.807, 2.05) is 32.2 Å². The Morgan fingerprint density at radius 3 is 2.50 bits per heavy atom. The van der Waals surface area contributed by atoms with E-state index >= 15 is 0 Å². The molecule has 2 nitrogen and oxygen atoms in total. The number of halogens is 1. The molecule has 0 radical (unpaired) electrons. The summed E-state index contributed by atoms with van der Waals surface area (Å²) in [6.45, 7) is 6.99. The van der Waals surface area contributed by atoms with E-state index in [-0.39, 0.29) is 5.91 Å². The average Bonchev–Trinajstić information content (AvgIpc) is 2.13. The summed E-state index contributed by atoms with van der Waals surface area (Å²) in [5.41, 5.74) is 1.84. The Kier molecular flexibility index (Phi) is 4.54. The van der Waals surface area contributed by atoms with Crippen LogP contribution in [0.1, 0.15) is 29.8 Å². The van der Waals surface area contributed by atoms with Gasteiger partial charge in [0.25, 0.3) is 5.91 Å². The molecule has 0 unspecified atom stereocenters. The minimum atomic E-state index is 0.0816. The van der Waals surface area contributed by atoms with Crippen molar-refractivity contribution in [1.82, 2.24) is 4.90 Å². The standard InChI is InChI=1S/C13H18BrNO/c1-9(2)8-15(4)13(16)11-5-10(3)6-12(14)7-11/h5-7,9H,8H2,1-4H3. The van der Waals surface area contributed by atoms with Crippen molar-refractivity contribution in [3.05, 3.63) is 33.8 Å². The maximum absolute atomic E-state index is 12.1. The van der Waals surface area contributed by atoms with Crippen molar-refractivity contribution in [2.75, 3.05) is 13.6 Å². The van der Waals surface area contributed by atoms with Gasteiger partial charge in [-0.1, -0.05) is 29.8 Å². The molecule has 1 aromatic rings. The quantitative estimate of drug-likeness (QED) is 0.832. The van der Waals surface area contributed by atoms with E-state index in [9.17, 15) is 4.79 Å². The maximum atomic E-state index is 12.1. The number of carbonyl (C=O) groups excluding carboxylic acids is 1. The van der Waals surface area contributed by atoms with Gasteiger partial charge in [-0.3, -0.25) is 4.79 Å². The third kappa shape index (κ3) is 3.63. The summed E-state index contributed by atoms with van der Waals surface area (Å²) in [7, 11) is 1.85. The van der Waals surface area contributed by atoms with E-state index in [1.54, 1.807) is 4.90 Å². The first-order chi connectivity index (χ1) is 7.40. The van der Waals surface area contributed by atoms with Crippen LogP contribution in [0.3, 0.4) is 0 Å². The highest BCUT2D eigenvalue weighted by atomic mass is 79.9. The van der Waals surface area contributed by atoms with Crippen molar-refractivity contribution in [3.8, 4) is 0 Å². The first kappa shape index (κ1) is 13.2. The summed E-state index contributed by atoms with van der Waals surface area (Å²) >= 11 is 3.41. The van der Waals surface area contributed by atoms with E-state index in [4.69, 9.17) is 0 Å². The van der Waals surface area contributed by atoms with Crippen LogP contribution in [0.4, 0.5) is 0 Å². The van der Waals surface area contributed by atoms with E-state index < -0.39 is 0 Å². The van der Waals surface area contributed by atoms with E-state index in [2.05, 4.69) is 29.8 Å². The molecule has 0 fully saturated rings. The number of carbonyl (C=O) groups is 1. The molecule has 0 N–H and O–H groups in total. The molecule has 1 amide bonds. The molecular formula is C13H18BrNO. The van der Waals surface area contributed by atoms with Gasteiger partial charge in [0.1, 0.15) is 0 Å². The van der Waals surface area contributed by atoms with Crippen LogP contribution >= 0.6 is 15.9 Å². The minimum absolute atomic E-state index is 0.0816. The number of hydrogen-bond donors (Lipinski definition) is 0. The Bertz CT molecular complexity index is 367. The van der Waals surface area contributed by atoms with Gasteiger partial charge in [-0.15, -0.1) is 0 Å². The smallest absolute Gasteiger partial charge is 0.253 e. The fourth-order valence-electron chi connectivity index (χ4n) is 1.71. The van der Waals surface area contributed by atoms with Crippen LogP contribution in [0.2, 0.25) is 0 Å². The molecule has 0 aliphatic rings. The Hall–Kier alpha value is -0.830. The molecule has 0 aromatic heterocycles. The highest BCUT2D eigenvalue weighted by Crippen LogP contribution is 2.16. The molecule has 1 rings (SSSR count). The van der Waals surface area contributed by atoms with E-state index in [0.29, 0.717) is 5.92 Å². The van der Waals surface area contributed by atoms with Gasteiger partial charge in [-0.2, -0.15) is 0 Å². The Morgan fingerprint density at radius 2 is 2.00 bits per heavy atom. The van der Waals surface area contributed by atoms with Crippen molar-refractivity contribution in [3.63, 3.8) is 0 Å². The topological polar surface area (TPSA) is 20.3 Å². The van der Waals surface area contributed by atoms with Crippen LogP contribution in [0.15, 0.2) is 22.7 Å². The summed E-state index contributed by atoms with van der Waals surface area (Å²) in [4.78, 5) is 13.9. The van der Waals surface area contributed by atoms with Gasteiger partial charge >= 0.3 is 0 Å². The van der Waals surface area contributed by atoms with Gasteiger partial charge in [-0.05, 0) is 36.6 Å². The zero-order valence-corrected chi connectivity index (χ0v) is 11.8. The molecule has 0 aliphatic carbocycles. The van der Waals surface area contributed by atoms with Crippen LogP contribution < -0.4 is 0 Å². The lowest BCUT2D eigenvalue weighted by Crippen LogP contribution is -2.30. The van der Waals surface area contributed by atoms with Crippen molar-refractivity contribution < 1.29 is 4.79 Å². The van der Waals surface area contributed by atoms with Gasteiger partial charge in [-0.25, -0.2) is 0 Å². The number of nitrogens with zero attached hydrogens (tertiary/aromatic N) is 1. The molecule has 3 heteroatoms. The average molecular weight is 284 g/mol. The third-order valence-electron chi connectivity index (χ3n) is 2.27. The third-order valence-corrected chi connectivity index (χ3v) is 2.73. The van der Waals surface area contributed by atoms with Crippen molar-refractivity contribution in [1.29, 1.82) is 0 Å². The van der Waals surface area contributed by atoms with Gasteiger partial charge in [0.15, 0.2) is 0 Å². The molecular weight excluding hydrogens is 266 g/mol. The Morgan fingerprint density at radius 1 is 1.38 bits per heavy atom. The minimum Gasteiger partial charge on any atom is -0.341 e. The molecule has 0 bridgehead atoms. The number of benzene rings is 1. The molecule has 0 heterocycles. The summed E-state index contributed by atoms with van der Waals surface area (Å²) in [6.07, 6.45) is 0. The van der Waals surface area contributed by atoms with Gasteiger partial charge in [0, 0.05) is 23.6 Å². The lowest BCUT2D eigenvalue weighted by Gasteiger charge is -2.19. The molecule has 0 atom stereocenters. The maximum Gasteiger partial charge on any atom is 0.253 e. The zero-order chi connectivity index (χ0) is 12.3. The predicted molar refractivity (Wildman–Crippen MR) is 70.7 cm³/mol. The largest absolute Gasteiger partial charge is 0.341 e. The fourth-order valence-corrected chi connectivity index (χ4v) is 2.32. The highest BCUT2D eigenvalue weighted by molar-refractivity contribution is 9.10.